The van der Waals surface area contributed by atoms with E-state index in [-0.39, 0.29) is 11.8 Å². The molecule has 0 atom stereocenters. The molecule has 2 aromatic rings. The van der Waals surface area contributed by atoms with Crippen molar-refractivity contribution in [1.82, 2.24) is 15.5 Å². The quantitative estimate of drug-likeness (QED) is 0.246. The average Bonchev–Trinajstić information content (AvgIpc) is 2.71. The van der Waals surface area contributed by atoms with Crippen molar-refractivity contribution >= 4 is 28.3 Å². The molecular weight excluding hydrogens is 366 g/mol. The van der Waals surface area contributed by atoms with Gasteiger partial charge in [-0.1, -0.05) is 12.1 Å². The highest BCUT2D eigenvalue weighted by Gasteiger charge is 2.32. The van der Waals surface area contributed by atoms with Crippen LogP contribution in [0.15, 0.2) is 30.3 Å². The Balaban J connectivity index is 1.45. The molecule has 1 heterocycles. The van der Waals surface area contributed by atoms with E-state index in [9.17, 15) is 9.59 Å². The number of benzene rings is 2. The molecular formula is C22H31N5O2. The molecule has 0 aromatic heterocycles. The fraction of sp³-hybridized carbons (Fsp3) is 0.455. The molecule has 0 bridgehead atoms. The van der Waals surface area contributed by atoms with Gasteiger partial charge in [-0.25, -0.2) is 0 Å². The first kappa shape index (κ1) is 21.2. The summed E-state index contributed by atoms with van der Waals surface area (Å²) < 4.78 is 0. The summed E-state index contributed by atoms with van der Waals surface area (Å²) in [6.07, 6.45) is 3.94. The van der Waals surface area contributed by atoms with Gasteiger partial charge in [0.15, 0.2) is 0 Å². The predicted molar refractivity (Wildman–Crippen MR) is 117 cm³/mol. The molecule has 2 amide bonds. The zero-order valence-electron chi connectivity index (χ0n) is 16.9. The fourth-order valence-corrected chi connectivity index (χ4v) is 3.72. The predicted octanol–water partition coefficient (Wildman–Crippen LogP) is 1.72. The summed E-state index contributed by atoms with van der Waals surface area (Å²) >= 11 is 0. The number of nitrogen functional groups attached to an aromatic ring is 1. The van der Waals surface area contributed by atoms with Crippen LogP contribution in [0.25, 0.3) is 10.8 Å². The van der Waals surface area contributed by atoms with Gasteiger partial charge in [0.25, 0.3) is 11.8 Å². The Kier molecular flexibility index (Phi) is 7.57. The minimum absolute atomic E-state index is 0.221. The highest BCUT2D eigenvalue weighted by molar-refractivity contribution is 6.25. The van der Waals surface area contributed by atoms with Crippen LogP contribution in [0.2, 0.25) is 0 Å². The van der Waals surface area contributed by atoms with Gasteiger partial charge in [-0.2, -0.15) is 0 Å². The number of anilines is 1. The number of hydrogen-bond acceptors (Lipinski definition) is 6. The SMILES string of the molecule is NCCCNCCCCNCCCN1C(=O)c2cccc3cc(N)cc(c23)C1=O. The second kappa shape index (κ2) is 10.3. The minimum atomic E-state index is -0.255. The summed E-state index contributed by atoms with van der Waals surface area (Å²) in [6.45, 7) is 4.81. The van der Waals surface area contributed by atoms with Gasteiger partial charge in [-0.15, -0.1) is 0 Å². The van der Waals surface area contributed by atoms with Gasteiger partial charge in [-0.05, 0) is 82.0 Å². The Hall–Kier alpha value is -2.48. The summed E-state index contributed by atoms with van der Waals surface area (Å²) in [4.78, 5) is 27.1. The fourth-order valence-electron chi connectivity index (χ4n) is 3.72. The number of nitrogens with two attached hydrogens (primary N) is 2. The van der Waals surface area contributed by atoms with Gasteiger partial charge < -0.3 is 22.1 Å². The minimum Gasteiger partial charge on any atom is -0.399 e. The molecule has 0 aliphatic carbocycles. The van der Waals surface area contributed by atoms with Gasteiger partial charge in [0.1, 0.15) is 0 Å². The molecule has 0 spiro atoms. The van der Waals surface area contributed by atoms with Crippen molar-refractivity contribution in [2.24, 2.45) is 5.73 Å². The Morgan fingerprint density at radius 2 is 1.48 bits per heavy atom. The molecule has 0 saturated heterocycles. The Labute approximate surface area is 171 Å². The van der Waals surface area contributed by atoms with Crippen molar-refractivity contribution in [3.8, 4) is 0 Å². The van der Waals surface area contributed by atoms with E-state index in [1.807, 2.05) is 12.1 Å². The van der Waals surface area contributed by atoms with E-state index in [2.05, 4.69) is 10.6 Å². The second-order valence-corrected chi connectivity index (χ2v) is 7.44. The Morgan fingerprint density at radius 1 is 0.828 bits per heavy atom. The van der Waals surface area contributed by atoms with Crippen LogP contribution < -0.4 is 22.1 Å². The molecule has 7 nitrogen and oxygen atoms in total. The van der Waals surface area contributed by atoms with E-state index >= 15 is 0 Å². The van der Waals surface area contributed by atoms with Gasteiger partial charge in [0.2, 0.25) is 0 Å². The van der Waals surface area contributed by atoms with Crippen LogP contribution in [0, 0.1) is 0 Å². The van der Waals surface area contributed by atoms with Crippen LogP contribution in [0.5, 0.6) is 0 Å². The van der Waals surface area contributed by atoms with Crippen molar-refractivity contribution in [3.05, 3.63) is 41.5 Å². The van der Waals surface area contributed by atoms with Crippen molar-refractivity contribution < 1.29 is 9.59 Å². The number of nitrogens with zero attached hydrogens (tertiary/aromatic N) is 1. The van der Waals surface area contributed by atoms with E-state index < -0.39 is 0 Å². The molecule has 1 aliphatic heterocycles. The van der Waals surface area contributed by atoms with Crippen LogP contribution >= 0.6 is 0 Å². The lowest BCUT2D eigenvalue weighted by Crippen LogP contribution is -2.41. The summed E-state index contributed by atoms with van der Waals surface area (Å²) in [5, 5.41) is 8.30. The number of amides is 2. The Bertz CT molecular complexity index is 868. The number of imide groups is 1. The summed E-state index contributed by atoms with van der Waals surface area (Å²) in [6, 6.07) is 8.97. The van der Waals surface area contributed by atoms with Gasteiger partial charge >= 0.3 is 0 Å². The molecule has 156 valence electrons. The second-order valence-electron chi connectivity index (χ2n) is 7.44. The van der Waals surface area contributed by atoms with Crippen molar-refractivity contribution in [1.29, 1.82) is 0 Å². The maximum atomic E-state index is 12.9. The molecule has 7 heteroatoms. The summed E-state index contributed by atoms with van der Waals surface area (Å²) in [7, 11) is 0. The van der Waals surface area contributed by atoms with Crippen molar-refractivity contribution in [3.63, 3.8) is 0 Å². The molecule has 29 heavy (non-hydrogen) atoms. The first-order valence-corrected chi connectivity index (χ1v) is 10.4. The standard InChI is InChI=1S/C22H31N5O2/c23-8-4-11-25-9-1-2-10-26-12-5-13-27-21(28)18-7-3-6-16-14-17(24)15-19(20(16)18)22(27)29/h3,6-7,14-15,25-26H,1-2,4-5,8-13,23-24H2. The molecule has 1 aliphatic rings. The molecule has 3 rings (SSSR count). The van der Waals surface area contributed by atoms with Crippen LogP contribution in [0.3, 0.4) is 0 Å². The number of carbonyl (C=O) groups is 2. The van der Waals surface area contributed by atoms with E-state index in [1.54, 1.807) is 18.2 Å². The lowest BCUT2D eigenvalue weighted by Gasteiger charge is -2.27. The van der Waals surface area contributed by atoms with E-state index in [4.69, 9.17) is 11.5 Å². The number of rotatable bonds is 12. The number of hydrogen-bond donors (Lipinski definition) is 4. The lowest BCUT2D eigenvalue weighted by molar-refractivity contribution is 0.0609. The van der Waals surface area contributed by atoms with E-state index in [0.29, 0.717) is 28.7 Å². The third kappa shape index (κ3) is 5.12. The number of unbranched alkanes of at least 4 members (excludes halogenated alkanes) is 1. The van der Waals surface area contributed by atoms with Crippen molar-refractivity contribution in [2.75, 3.05) is 45.0 Å². The van der Waals surface area contributed by atoms with Crippen LogP contribution in [-0.4, -0.2) is 56.0 Å². The molecule has 0 fully saturated rings. The first-order chi connectivity index (χ1) is 14.1. The maximum Gasteiger partial charge on any atom is 0.261 e. The number of carbonyl (C=O) groups excluding carboxylic acids is 2. The molecule has 0 radical (unpaired) electrons. The lowest BCUT2D eigenvalue weighted by atomic mass is 9.93. The monoisotopic (exact) mass is 397 g/mol. The molecule has 6 N–H and O–H groups in total. The van der Waals surface area contributed by atoms with E-state index in [1.165, 1.54) is 4.90 Å². The summed E-state index contributed by atoms with van der Waals surface area (Å²) in [5.74, 6) is -0.476. The smallest absolute Gasteiger partial charge is 0.261 e. The van der Waals surface area contributed by atoms with Crippen LogP contribution in [0.4, 0.5) is 5.69 Å². The molecule has 2 aromatic carbocycles. The normalized spacial score (nSPS) is 13.5. The van der Waals surface area contributed by atoms with Crippen molar-refractivity contribution in [2.45, 2.75) is 25.7 Å². The molecule has 0 saturated carbocycles. The average molecular weight is 398 g/mol. The zero-order valence-corrected chi connectivity index (χ0v) is 16.9. The maximum absolute atomic E-state index is 12.9. The van der Waals surface area contributed by atoms with Crippen LogP contribution in [0.1, 0.15) is 46.4 Å². The number of nitrogens with one attached hydrogen (secondary N) is 2. The third-order valence-corrected chi connectivity index (χ3v) is 5.20. The largest absolute Gasteiger partial charge is 0.399 e. The highest BCUT2D eigenvalue weighted by atomic mass is 16.2. The topological polar surface area (TPSA) is 113 Å². The van der Waals surface area contributed by atoms with Gasteiger partial charge in [0.05, 0.1) is 5.56 Å². The first-order valence-electron chi connectivity index (χ1n) is 10.4. The Morgan fingerprint density at radius 3 is 2.21 bits per heavy atom. The highest BCUT2D eigenvalue weighted by Crippen LogP contribution is 2.31. The van der Waals surface area contributed by atoms with Gasteiger partial charge in [0, 0.05) is 23.2 Å². The molecule has 0 unspecified atom stereocenters. The third-order valence-electron chi connectivity index (χ3n) is 5.20. The van der Waals surface area contributed by atoms with Gasteiger partial charge in [-0.3, -0.25) is 14.5 Å². The summed E-state index contributed by atoms with van der Waals surface area (Å²) in [5.41, 5.74) is 13.0. The van der Waals surface area contributed by atoms with E-state index in [0.717, 1.165) is 63.8 Å². The zero-order chi connectivity index (χ0) is 20.6. The van der Waals surface area contributed by atoms with Crippen LogP contribution in [-0.2, 0) is 0 Å².